The summed E-state index contributed by atoms with van der Waals surface area (Å²) in [6, 6.07) is 13.0. The number of amides is 1. The number of halogens is 2. The number of nitrogens with two attached hydrogens (primary N) is 1. The zero-order chi connectivity index (χ0) is 28.4. The molecule has 1 saturated carbocycles. The highest BCUT2D eigenvalue weighted by atomic mass is 35.5. The lowest BCUT2D eigenvalue weighted by atomic mass is 9.64. The predicted octanol–water partition coefficient (Wildman–Crippen LogP) is 5.32. The number of carbonyl (C=O) groups excluding carboxylic acids is 1. The first-order chi connectivity index (χ1) is 18.7. The van der Waals surface area contributed by atoms with Crippen molar-refractivity contribution >= 4 is 29.9 Å². The van der Waals surface area contributed by atoms with Gasteiger partial charge in [0.25, 0.3) is 0 Å². The van der Waals surface area contributed by atoms with Crippen LogP contribution in [-0.4, -0.2) is 57.1 Å². The van der Waals surface area contributed by atoms with Gasteiger partial charge in [0.1, 0.15) is 0 Å². The van der Waals surface area contributed by atoms with Crippen LogP contribution in [0.3, 0.4) is 0 Å². The Bertz CT molecular complexity index is 1050. The van der Waals surface area contributed by atoms with Crippen molar-refractivity contribution in [1.29, 1.82) is 0 Å². The molecule has 9 heteroatoms. The summed E-state index contributed by atoms with van der Waals surface area (Å²) in [6.45, 7) is 5.65. The Morgan fingerprint density at radius 2 is 1.80 bits per heavy atom. The van der Waals surface area contributed by atoms with Crippen LogP contribution in [0.4, 0.5) is 0 Å². The molecule has 1 aliphatic carbocycles. The van der Waals surface area contributed by atoms with Gasteiger partial charge in [-0.05, 0) is 72.9 Å². The zero-order valence-electron chi connectivity index (χ0n) is 24.2. The summed E-state index contributed by atoms with van der Waals surface area (Å²) in [7, 11) is 3.31. The lowest BCUT2D eigenvalue weighted by Crippen LogP contribution is -2.52. The van der Waals surface area contributed by atoms with E-state index >= 15 is 0 Å². The zero-order valence-corrected chi connectivity index (χ0v) is 25.7. The van der Waals surface area contributed by atoms with Crippen LogP contribution < -0.4 is 20.5 Å². The van der Waals surface area contributed by atoms with Crippen molar-refractivity contribution in [2.75, 3.05) is 34.0 Å². The summed E-state index contributed by atoms with van der Waals surface area (Å²) in [5, 5.41) is 14.5. The first-order valence-corrected chi connectivity index (χ1v) is 14.3. The second-order valence-electron chi connectivity index (χ2n) is 11.0. The van der Waals surface area contributed by atoms with Gasteiger partial charge >= 0.3 is 0 Å². The molecule has 0 bridgehead atoms. The van der Waals surface area contributed by atoms with Gasteiger partial charge in [-0.15, -0.1) is 12.4 Å². The molecular weight excluding hydrogens is 551 g/mol. The van der Waals surface area contributed by atoms with Crippen LogP contribution in [0.2, 0.25) is 5.02 Å². The standard InChI is InChI=1S/C31H45ClN2O5.ClH/c1-21(2)23(17-22-7-12-28(38-4)29(18-22)39-16-6-15-37-3)19-26(33)27(35)20-34-30(36)31(13-5-14-31)24-8-10-25(32)11-9-24;/h7-12,18,21,23,26-27,35H,5-6,13-17,19-20,33H2,1-4H3,(H,34,36);1H. The van der Waals surface area contributed by atoms with E-state index in [0.717, 1.165) is 43.2 Å². The van der Waals surface area contributed by atoms with Crippen molar-refractivity contribution in [3.63, 3.8) is 0 Å². The molecule has 40 heavy (non-hydrogen) atoms. The third kappa shape index (κ3) is 8.98. The molecule has 7 nitrogen and oxygen atoms in total. The van der Waals surface area contributed by atoms with E-state index in [1.54, 1.807) is 14.2 Å². The summed E-state index contributed by atoms with van der Waals surface area (Å²) in [6.07, 6.45) is 3.96. The van der Waals surface area contributed by atoms with Crippen LogP contribution in [0.15, 0.2) is 42.5 Å². The third-order valence-electron chi connectivity index (χ3n) is 8.00. The maximum Gasteiger partial charge on any atom is 0.230 e. The molecule has 4 N–H and O–H groups in total. The van der Waals surface area contributed by atoms with E-state index in [1.165, 1.54) is 0 Å². The molecule has 2 aromatic rings. The number of aliphatic hydroxyl groups is 1. The Hall–Kier alpha value is -2.03. The molecule has 0 saturated heterocycles. The van der Waals surface area contributed by atoms with Crippen LogP contribution in [0.1, 0.15) is 57.1 Å². The average molecular weight is 598 g/mol. The summed E-state index contributed by atoms with van der Waals surface area (Å²) in [5.41, 5.74) is 8.02. The average Bonchev–Trinajstić information content (AvgIpc) is 2.89. The number of hydrogen-bond donors (Lipinski definition) is 3. The Labute approximate surface area is 250 Å². The lowest BCUT2D eigenvalue weighted by Gasteiger charge is -2.41. The number of benzene rings is 2. The Morgan fingerprint density at radius 3 is 2.38 bits per heavy atom. The third-order valence-corrected chi connectivity index (χ3v) is 8.25. The van der Waals surface area contributed by atoms with E-state index < -0.39 is 17.6 Å². The monoisotopic (exact) mass is 596 g/mol. The van der Waals surface area contributed by atoms with E-state index in [-0.39, 0.29) is 30.8 Å². The number of hydrogen-bond acceptors (Lipinski definition) is 6. The van der Waals surface area contributed by atoms with E-state index in [1.807, 2.05) is 42.5 Å². The summed E-state index contributed by atoms with van der Waals surface area (Å²) < 4.78 is 16.5. The van der Waals surface area contributed by atoms with Gasteiger partial charge in [0.15, 0.2) is 11.5 Å². The minimum atomic E-state index is -0.840. The van der Waals surface area contributed by atoms with Gasteiger partial charge in [0, 0.05) is 37.7 Å². The smallest absolute Gasteiger partial charge is 0.230 e. The van der Waals surface area contributed by atoms with Crippen LogP contribution in [0.5, 0.6) is 11.5 Å². The summed E-state index contributed by atoms with van der Waals surface area (Å²) >= 11 is 6.04. The number of carbonyl (C=O) groups is 1. The van der Waals surface area contributed by atoms with Crippen LogP contribution in [0, 0.1) is 11.8 Å². The fourth-order valence-corrected chi connectivity index (χ4v) is 5.34. The van der Waals surface area contributed by atoms with Crippen molar-refractivity contribution in [2.45, 2.75) is 69.9 Å². The van der Waals surface area contributed by atoms with Gasteiger partial charge in [-0.1, -0.05) is 50.1 Å². The van der Waals surface area contributed by atoms with E-state index in [2.05, 4.69) is 19.2 Å². The molecule has 3 rings (SSSR count). The predicted molar refractivity (Wildman–Crippen MR) is 163 cm³/mol. The van der Waals surface area contributed by atoms with Crippen LogP contribution in [0.25, 0.3) is 0 Å². The number of ether oxygens (including phenoxy) is 3. The Morgan fingerprint density at radius 1 is 1.10 bits per heavy atom. The molecule has 0 aliphatic heterocycles. The van der Waals surface area contributed by atoms with Crippen molar-refractivity contribution < 1.29 is 24.1 Å². The largest absolute Gasteiger partial charge is 0.493 e. The maximum absolute atomic E-state index is 13.2. The highest BCUT2D eigenvalue weighted by Gasteiger charge is 2.45. The first kappa shape index (κ1) is 34.2. The number of aliphatic hydroxyl groups excluding tert-OH is 1. The molecule has 0 heterocycles. The van der Waals surface area contributed by atoms with Gasteiger partial charge in [0.05, 0.1) is 25.2 Å². The Kier molecular flexibility index (Phi) is 14.0. The minimum absolute atomic E-state index is 0. The minimum Gasteiger partial charge on any atom is -0.493 e. The van der Waals surface area contributed by atoms with Crippen molar-refractivity contribution in [1.82, 2.24) is 5.32 Å². The second-order valence-corrected chi connectivity index (χ2v) is 11.4. The molecule has 0 spiro atoms. The van der Waals surface area contributed by atoms with E-state index in [9.17, 15) is 9.90 Å². The van der Waals surface area contributed by atoms with Crippen molar-refractivity contribution in [2.24, 2.45) is 17.6 Å². The Balaban J connectivity index is 0.00000560. The normalized spacial score (nSPS) is 16.3. The maximum atomic E-state index is 13.2. The van der Waals surface area contributed by atoms with Gasteiger partial charge in [0.2, 0.25) is 5.91 Å². The summed E-state index contributed by atoms with van der Waals surface area (Å²) in [5.74, 6) is 1.95. The fraction of sp³-hybridized carbons (Fsp3) is 0.581. The first-order valence-electron chi connectivity index (χ1n) is 14.0. The van der Waals surface area contributed by atoms with Gasteiger partial charge in [-0.2, -0.15) is 0 Å². The number of methoxy groups -OCH3 is 2. The SMILES string of the molecule is COCCCOc1cc(CC(CC(N)C(O)CNC(=O)C2(c3ccc(Cl)cc3)CCC2)C(C)C)ccc1OC.Cl. The lowest BCUT2D eigenvalue weighted by molar-refractivity contribution is -0.130. The highest BCUT2D eigenvalue weighted by Crippen LogP contribution is 2.44. The van der Waals surface area contributed by atoms with Crippen LogP contribution >= 0.6 is 24.0 Å². The van der Waals surface area contributed by atoms with Gasteiger partial charge in [-0.3, -0.25) is 4.79 Å². The number of nitrogens with one attached hydrogen (secondary N) is 1. The molecule has 1 amide bonds. The topological polar surface area (TPSA) is 103 Å². The molecule has 1 fully saturated rings. The van der Waals surface area contributed by atoms with Gasteiger partial charge in [-0.25, -0.2) is 0 Å². The number of rotatable bonds is 16. The molecule has 1 aliphatic rings. The molecule has 3 atom stereocenters. The molecule has 0 aromatic heterocycles. The van der Waals surface area contributed by atoms with Crippen molar-refractivity contribution in [3.8, 4) is 11.5 Å². The molecule has 2 aromatic carbocycles. The molecule has 224 valence electrons. The van der Waals surface area contributed by atoms with E-state index in [0.29, 0.717) is 42.1 Å². The fourth-order valence-electron chi connectivity index (χ4n) is 5.21. The van der Waals surface area contributed by atoms with Crippen LogP contribution in [-0.2, 0) is 21.4 Å². The second kappa shape index (κ2) is 16.4. The summed E-state index contributed by atoms with van der Waals surface area (Å²) in [4.78, 5) is 13.2. The highest BCUT2D eigenvalue weighted by molar-refractivity contribution is 6.30. The quantitative estimate of drug-likeness (QED) is 0.227. The van der Waals surface area contributed by atoms with E-state index in [4.69, 9.17) is 31.5 Å². The molecule has 0 radical (unpaired) electrons. The van der Waals surface area contributed by atoms with Crippen molar-refractivity contribution in [3.05, 3.63) is 58.6 Å². The van der Waals surface area contributed by atoms with Gasteiger partial charge < -0.3 is 30.4 Å². The molecule has 3 unspecified atom stereocenters. The molecular formula is C31H46Cl2N2O5.